The van der Waals surface area contributed by atoms with E-state index in [1.165, 1.54) is 4.90 Å². The molecular weight excluding hydrogens is 564 g/mol. The zero-order valence-corrected chi connectivity index (χ0v) is 27.1. The molecule has 0 radical (unpaired) electrons. The standard InChI is InChI=1S/C31H48N8O5/c1-30(2,3)27(38-18-23(34-35-38)19-8-9-19)29(43)37-17-22(40)13-24(37)28(42)32-14-20-12-25(41)39(31(4,5)6)26(20)21-15-33-36(16-21)10-11-44-7/h15-16,18-20,22,24,26-27,40H,8-14,17H2,1-7H3,(H,32,42)/t20-,22?,24?,26+,27-/m1/s1. The lowest BCUT2D eigenvalue weighted by molar-refractivity contribution is -0.144. The van der Waals surface area contributed by atoms with Gasteiger partial charge in [0, 0.05) is 68.4 Å². The highest BCUT2D eigenvalue weighted by atomic mass is 16.5. The summed E-state index contributed by atoms with van der Waals surface area (Å²) >= 11 is 0. The molecule has 44 heavy (non-hydrogen) atoms. The highest BCUT2D eigenvalue weighted by Crippen LogP contribution is 2.43. The van der Waals surface area contributed by atoms with Gasteiger partial charge in [-0.1, -0.05) is 26.0 Å². The summed E-state index contributed by atoms with van der Waals surface area (Å²) in [6, 6.07) is -1.79. The molecule has 0 aromatic carbocycles. The van der Waals surface area contributed by atoms with Crippen LogP contribution < -0.4 is 5.32 Å². The van der Waals surface area contributed by atoms with Crippen molar-refractivity contribution in [1.82, 2.24) is 39.9 Å². The van der Waals surface area contributed by atoms with Crippen molar-refractivity contribution in [2.24, 2.45) is 11.3 Å². The van der Waals surface area contributed by atoms with Gasteiger partial charge in [-0.3, -0.25) is 19.1 Å². The lowest BCUT2D eigenvalue weighted by Crippen LogP contribution is -2.51. The molecule has 2 unspecified atom stereocenters. The predicted octanol–water partition coefficient (Wildman–Crippen LogP) is 2.05. The number of ether oxygens (including phenoxy) is 1. The summed E-state index contributed by atoms with van der Waals surface area (Å²) in [6.07, 6.45) is 7.33. The van der Waals surface area contributed by atoms with Crippen molar-refractivity contribution in [2.45, 2.75) is 109 Å². The first-order valence-electron chi connectivity index (χ1n) is 15.7. The largest absolute Gasteiger partial charge is 0.391 e. The number of likely N-dealkylation sites (tertiary alicyclic amines) is 2. The number of nitrogens with one attached hydrogen (secondary N) is 1. The molecule has 242 valence electrons. The first-order chi connectivity index (χ1) is 20.7. The van der Waals surface area contributed by atoms with Crippen molar-refractivity contribution in [3.8, 4) is 0 Å². The number of nitrogens with zero attached hydrogens (tertiary/aromatic N) is 7. The monoisotopic (exact) mass is 612 g/mol. The molecule has 3 fully saturated rings. The van der Waals surface area contributed by atoms with E-state index in [9.17, 15) is 19.5 Å². The molecule has 2 aromatic heterocycles. The number of aromatic nitrogens is 5. The van der Waals surface area contributed by atoms with E-state index in [2.05, 4.69) is 20.7 Å². The Kier molecular flexibility index (Phi) is 8.92. The molecular formula is C31H48N8O5. The molecule has 5 rings (SSSR count). The number of aliphatic hydroxyl groups is 1. The van der Waals surface area contributed by atoms with Crippen LogP contribution in [0.2, 0.25) is 0 Å². The third kappa shape index (κ3) is 6.68. The summed E-state index contributed by atoms with van der Waals surface area (Å²) in [6.45, 7) is 13.3. The summed E-state index contributed by atoms with van der Waals surface area (Å²) in [5, 5.41) is 26.8. The summed E-state index contributed by atoms with van der Waals surface area (Å²) in [4.78, 5) is 44.5. The van der Waals surface area contributed by atoms with Gasteiger partial charge in [0.25, 0.3) is 0 Å². The van der Waals surface area contributed by atoms with Crippen molar-refractivity contribution in [3.05, 3.63) is 29.8 Å². The Labute approximate surface area is 259 Å². The van der Waals surface area contributed by atoms with E-state index in [4.69, 9.17) is 4.74 Å². The zero-order valence-electron chi connectivity index (χ0n) is 27.1. The Morgan fingerprint density at radius 1 is 1.16 bits per heavy atom. The fourth-order valence-corrected chi connectivity index (χ4v) is 6.71. The maximum atomic E-state index is 14.1. The zero-order chi connectivity index (χ0) is 32.0. The number of rotatable bonds is 10. The van der Waals surface area contributed by atoms with Gasteiger partial charge in [0.1, 0.15) is 12.1 Å². The van der Waals surface area contributed by atoms with E-state index in [1.807, 2.05) is 58.8 Å². The van der Waals surface area contributed by atoms with Gasteiger partial charge in [-0.2, -0.15) is 5.10 Å². The van der Waals surface area contributed by atoms with E-state index in [0.717, 1.165) is 24.1 Å². The van der Waals surface area contributed by atoms with Crippen LogP contribution in [0.3, 0.4) is 0 Å². The molecule has 2 aromatic rings. The Morgan fingerprint density at radius 2 is 1.89 bits per heavy atom. The average Bonchev–Trinajstić information content (AvgIpc) is 3.26. The minimum absolute atomic E-state index is 0.0194. The summed E-state index contributed by atoms with van der Waals surface area (Å²) < 4.78 is 8.61. The van der Waals surface area contributed by atoms with Crippen LogP contribution in [0.4, 0.5) is 0 Å². The number of carbonyl (C=O) groups excluding carboxylic acids is 3. The second kappa shape index (κ2) is 12.2. The van der Waals surface area contributed by atoms with E-state index in [-0.39, 0.29) is 55.6 Å². The van der Waals surface area contributed by atoms with Crippen LogP contribution in [0.25, 0.3) is 0 Å². The second-order valence-corrected chi connectivity index (χ2v) is 14.7. The Morgan fingerprint density at radius 3 is 2.52 bits per heavy atom. The molecule has 3 amide bonds. The molecule has 4 heterocycles. The molecule has 0 spiro atoms. The van der Waals surface area contributed by atoms with Gasteiger partial charge >= 0.3 is 0 Å². The maximum Gasteiger partial charge on any atom is 0.248 e. The lowest BCUT2D eigenvalue weighted by atomic mass is 9.85. The normalized spacial score (nSPS) is 25.1. The molecule has 0 bridgehead atoms. The number of aliphatic hydroxyl groups excluding tert-OH is 1. The van der Waals surface area contributed by atoms with Crippen molar-refractivity contribution in [2.75, 3.05) is 26.8 Å². The Balaban J connectivity index is 1.32. The minimum atomic E-state index is -0.833. The van der Waals surface area contributed by atoms with Crippen LogP contribution in [0.1, 0.15) is 96.5 Å². The van der Waals surface area contributed by atoms with E-state index in [1.54, 1.807) is 22.7 Å². The van der Waals surface area contributed by atoms with Crippen molar-refractivity contribution in [1.29, 1.82) is 0 Å². The number of β-amino-alcohol motifs (C(OH)–C–C–N with tert-alkyl or cyclic N) is 1. The first-order valence-corrected chi connectivity index (χ1v) is 15.7. The smallest absolute Gasteiger partial charge is 0.248 e. The molecule has 13 heteroatoms. The number of methoxy groups -OCH3 is 1. The number of carbonyl (C=O) groups is 3. The summed E-state index contributed by atoms with van der Waals surface area (Å²) in [7, 11) is 1.64. The second-order valence-electron chi connectivity index (χ2n) is 14.7. The van der Waals surface area contributed by atoms with Gasteiger partial charge in [-0.15, -0.1) is 5.10 Å². The van der Waals surface area contributed by atoms with Crippen LogP contribution in [0, 0.1) is 11.3 Å². The third-order valence-corrected chi connectivity index (χ3v) is 8.92. The summed E-state index contributed by atoms with van der Waals surface area (Å²) in [5.41, 5.74) is 0.843. The van der Waals surface area contributed by atoms with Crippen LogP contribution in [-0.4, -0.2) is 102 Å². The summed E-state index contributed by atoms with van der Waals surface area (Å²) in [5.74, 6) is -0.383. The molecule has 5 atom stereocenters. The first kappa shape index (κ1) is 32.1. The minimum Gasteiger partial charge on any atom is -0.391 e. The fourth-order valence-electron chi connectivity index (χ4n) is 6.71. The van der Waals surface area contributed by atoms with Gasteiger partial charge in [0.2, 0.25) is 17.7 Å². The number of hydrogen-bond donors (Lipinski definition) is 2. The van der Waals surface area contributed by atoms with Crippen LogP contribution >= 0.6 is 0 Å². The van der Waals surface area contributed by atoms with E-state index < -0.39 is 29.1 Å². The Bertz CT molecular complexity index is 1350. The van der Waals surface area contributed by atoms with Crippen LogP contribution in [0.15, 0.2) is 18.6 Å². The maximum absolute atomic E-state index is 14.1. The highest BCUT2D eigenvalue weighted by molar-refractivity contribution is 5.90. The quantitative estimate of drug-likeness (QED) is 0.414. The molecule has 2 N–H and O–H groups in total. The van der Waals surface area contributed by atoms with Crippen molar-refractivity contribution in [3.63, 3.8) is 0 Å². The predicted molar refractivity (Wildman–Crippen MR) is 161 cm³/mol. The van der Waals surface area contributed by atoms with Gasteiger partial charge in [0.15, 0.2) is 0 Å². The topological polar surface area (TPSA) is 148 Å². The van der Waals surface area contributed by atoms with Crippen LogP contribution in [0.5, 0.6) is 0 Å². The number of hydrogen-bond acceptors (Lipinski definition) is 8. The van der Waals surface area contributed by atoms with Gasteiger partial charge < -0.3 is 25.0 Å². The van der Waals surface area contributed by atoms with Gasteiger partial charge in [0.05, 0.1) is 37.2 Å². The average molecular weight is 613 g/mol. The molecule has 1 saturated carbocycles. The number of amides is 3. The molecule has 2 aliphatic heterocycles. The fraction of sp³-hybridized carbons (Fsp3) is 0.742. The Hall–Kier alpha value is -3.32. The van der Waals surface area contributed by atoms with Crippen molar-refractivity contribution < 1.29 is 24.2 Å². The lowest BCUT2D eigenvalue weighted by Gasteiger charge is -2.38. The third-order valence-electron chi connectivity index (χ3n) is 8.92. The SMILES string of the molecule is COCCn1cc([C@@H]2[C@@H](CNC(=O)C3CC(O)CN3C(=O)[C@@H](n3cc(C4CC4)nn3)C(C)(C)C)CC(=O)N2C(C)(C)C)cn1. The molecule has 13 nitrogen and oxygen atoms in total. The molecule has 1 aliphatic carbocycles. The van der Waals surface area contributed by atoms with Crippen molar-refractivity contribution >= 4 is 17.7 Å². The van der Waals surface area contributed by atoms with Gasteiger partial charge in [-0.05, 0) is 39.0 Å². The van der Waals surface area contributed by atoms with E-state index in [0.29, 0.717) is 19.1 Å². The van der Waals surface area contributed by atoms with E-state index >= 15 is 0 Å². The molecule has 2 saturated heterocycles. The van der Waals surface area contributed by atoms with Gasteiger partial charge in [-0.25, -0.2) is 4.68 Å². The van der Waals surface area contributed by atoms with Crippen LogP contribution in [-0.2, 0) is 25.7 Å². The highest BCUT2D eigenvalue weighted by Gasteiger charge is 2.48. The molecule has 3 aliphatic rings.